The summed E-state index contributed by atoms with van der Waals surface area (Å²) < 4.78 is 29.0. The van der Waals surface area contributed by atoms with E-state index in [1.807, 2.05) is 54.6 Å². The zero-order valence-corrected chi connectivity index (χ0v) is 22.8. The third-order valence-corrected chi connectivity index (χ3v) is 8.72. The number of para-hydroxylation sites is 1. The Balaban J connectivity index is 1.16. The van der Waals surface area contributed by atoms with E-state index < -0.39 is 10.0 Å². The van der Waals surface area contributed by atoms with Gasteiger partial charge >= 0.3 is 0 Å². The Bertz CT molecular complexity index is 1500. The van der Waals surface area contributed by atoms with Crippen LogP contribution >= 0.6 is 0 Å². The van der Waals surface area contributed by atoms with Crippen molar-refractivity contribution >= 4 is 43.5 Å². The van der Waals surface area contributed by atoms with Gasteiger partial charge in [-0.15, -0.1) is 0 Å². The van der Waals surface area contributed by atoms with Crippen molar-refractivity contribution in [3.63, 3.8) is 0 Å². The average molecular weight is 533 g/mol. The minimum Gasteiger partial charge on any atom is -0.368 e. The number of benzene rings is 3. The lowest BCUT2D eigenvalue weighted by atomic mass is 9.86. The van der Waals surface area contributed by atoms with Crippen molar-refractivity contribution in [1.82, 2.24) is 19.6 Å². The van der Waals surface area contributed by atoms with E-state index in [9.17, 15) is 8.42 Å². The van der Waals surface area contributed by atoms with Crippen LogP contribution in [0.4, 0.5) is 11.8 Å². The number of nitrogens with zero attached hydrogens (tertiary/aromatic N) is 3. The molecule has 1 saturated carbocycles. The average Bonchev–Trinajstić information content (AvgIpc) is 2.92. The monoisotopic (exact) mass is 532 g/mol. The van der Waals surface area contributed by atoms with Crippen LogP contribution in [0.1, 0.15) is 25.7 Å². The number of anilines is 2. The molecule has 5 rings (SSSR count). The number of rotatable bonds is 10. The fraction of sp³-hybridized carbons (Fsp3) is 0.379. The molecule has 38 heavy (non-hydrogen) atoms. The molecule has 0 spiro atoms. The Morgan fingerprint density at radius 1 is 0.868 bits per heavy atom. The first-order valence-electron chi connectivity index (χ1n) is 13.3. The van der Waals surface area contributed by atoms with Crippen molar-refractivity contribution in [1.29, 1.82) is 0 Å². The summed E-state index contributed by atoms with van der Waals surface area (Å²) in [7, 11) is 0.544. The molecule has 0 bridgehead atoms. The van der Waals surface area contributed by atoms with Crippen LogP contribution in [0.15, 0.2) is 71.6 Å². The number of fused-ring (bicyclic) bond motifs is 2. The molecule has 8 nitrogen and oxygen atoms in total. The van der Waals surface area contributed by atoms with E-state index >= 15 is 0 Å². The summed E-state index contributed by atoms with van der Waals surface area (Å²) >= 11 is 0. The van der Waals surface area contributed by atoms with Crippen LogP contribution in [0.25, 0.3) is 21.7 Å². The molecule has 0 unspecified atom stereocenters. The summed E-state index contributed by atoms with van der Waals surface area (Å²) in [5.74, 6) is 1.90. The predicted octanol–water partition coefficient (Wildman–Crippen LogP) is 4.71. The lowest BCUT2D eigenvalue weighted by Crippen LogP contribution is -2.38. The fourth-order valence-electron chi connectivity index (χ4n) is 5.03. The third kappa shape index (κ3) is 6.40. The molecule has 200 valence electrons. The van der Waals surface area contributed by atoms with Crippen LogP contribution in [-0.2, 0) is 10.0 Å². The van der Waals surface area contributed by atoms with Gasteiger partial charge in [-0.3, -0.25) is 0 Å². The molecular weight excluding hydrogens is 496 g/mol. The molecule has 1 aromatic heterocycles. The van der Waals surface area contributed by atoms with E-state index in [1.54, 1.807) is 12.1 Å². The largest absolute Gasteiger partial charge is 0.368 e. The molecule has 1 heterocycles. The van der Waals surface area contributed by atoms with Crippen LogP contribution in [0, 0.1) is 5.92 Å². The summed E-state index contributed by atoms with van der Waals surface area (Å²) in [4.78, 5) is 11.9. The van der Waals surface area contributed by atoms with E-state index in [0.717, 1.165) is 72.8 Å². The van der Waals surface area contributed by atoms with Gasteiger partial charge in [0.15, 0.2) is 0 Å². The molecule has 1 aliphatic rings. The molecule has 1 aliphatic carbocycles. The Hall–Kier alpha value is -3.27. The normalized spacial score (nSPS) is 18.2. The third-order valence-electron chi connectivity index (χ3n) is 7.20. The Labute approximate surface area is 224 Å². The van der Waals surface area contributed by atoms with Gasteiger partial charge in [0.05, 0.1) is 10.4 Å². The van der Waals surface area contributed by atoms with Gasteiger partial charge in [0, 0.05) is 31.1 Å². The van der Waals surface area contributed by atoms with Gasteiger partial charge in [0.2, 0.25) is 16.0 Å². The molecule has 3 N–H and O–H groups in total. The smallest absolute Gasteiger partial charge is 0.240 e. The van der Waals surface area contributed by atoms with Crippen molar-refractivity contribution in [3.05, 3.63) is 66.7 Å². The van der Waals surface area contributed by atoms with E-state index in [0.29, 0.717) is 16.8 Å². The van der Waals surface area contributed by atoms with Gasteiger partial charge < -0.3 is 15.5 Å². The van der Waals surface area contributed by atoms with Crippen molar-refractivity contribution in [3.8, 4) is 0 Å². The van der Waals surface area contributed by atoms with Crippen LogP contribution in [-0.4, -0.2) is 63.1 Å². The lowest BCUT2D eigenvalue weighted by Gasteiger charge is -2.29. The van der Waals surface area contributed by atoms with Gasteiger partial charge in [-0.25, -0.2) is 18.1 Å². The summed E-state index contributed by atoms with van der Waals surface area (Å²) in [6, 6.07) is 21.1. The van der Waals surface area contributed by atoms with Crippen molar-refractivity contribution in [2.75, 3.05) is 44.4 Å². The maximum absolute atomic E-state index is 13.0. The topological polar surface area (TPSA) is 99.2 Å². The number of hydrogen-bond donors (Lipinski definition) is 3. The first-order chi connectivity index (χ1) is 18.4. The molecule has 4 aromatic rings. The molecule has 0 radical (unpaired) electrons. The van der Waals surface area contributed by atoms with E-state index in [4.69, 9.17) is 9.97 Å². The highest BCUT2D eigenvalue weighted by Gasteiger charge is 2.26. The summed E-state index contributed by atoms with van der Waals surface area (Å²) in [5, 5.41) is 9.86. The minimum atomic E-state index is -3.56. The van der Waals surface area contributed by atoms with Crippen LogP contribution in [0.5, 0.6) is 0 Å². The second kappa shape index (κ2) is 11.6. The van der Waals surface area contributed by atoms with Crippen LogP contribution < -0.4 is 15.4 Å². The first kappa shape index (κ1) is 26.3. The molecular formula is C29H36N6O2S. The van der Waals surface area contributed by atoms with Crippen molar-refractivity contribution < 1.29 is 8.42 Å². The molecule has 0 amide bonds. The maximum Gasteiger partial charge on any atom is 0.240 e. The highest BCUT2D eigenvalue weighted by Crippen LogP contribution is 2.27. The van der Waals surface area contributed by atoms with Crippen molar-refractivity contribution in [2.45, 2.75) is 36.6 Å². The Kier molecular flexibility index (Phi) is 8.06. The van der Waals surface area contributed by atoms with Gasteiger partial charge in [-0.2, -0.15) is 4.98 Å². The number of sulfonamides is 1. The second-order valence-corrected chi connectivity index (χ2v) is 12.1. The summed E-state index contributed by atoms with van der Waals surface area (Å²) in [6.07, 6.45) is 3.52. The quantitative estimate of drug-likeness (QED) is 0.272. The Morgan fingerprint density at radius 2 is 1.61 bits per heavy atom. The number of likely N-dealkylation sites (N-methyl/N-ethyl adjacent to an activating group) is 1. The molecule has 1 fully saturated rings. The molecule has 0 aliphatic heterocycles. The van der Waals surface area contributed by atoms with Gasteiger partial charge in [-0.05, 0) is 80.7 Å². The maximum atomic E-state index is 13.0. The zero-order valence-electron chi connectivity index (χ0n) is 22.0. The predicted molar refractivity (Wildman–Crippen MR) is 155 cm³/mol. The first-order valence-corrected chi connectivity index (χ1v) is 14.8. The highest BCUT2D eigenvalue weighted by atomic mass is 32.2. The highest BCUT2D eigenvalue weighted by molar-refractivity contribution is 7.89. The minimum absolute atomic E-state index is 0.0489. The number of nitrogens with one attached hydrogen (secondary N) is 3. The molecule has 3 aromatic carbocycles. The molecule has 0 atom stereocenters. The van der Waals surface area contributed by atoms with Crippen LogP contribution in [0.3, 0.4) is 0 Å². The molecule has 0 saturated heterocycles. The van der Waals surface area contributed by atoms with Crippen molar-refractivity contribution in [2.24, 2.45) is 5.92 Å². The standard InChI is InChI=1S/C29H36N6O2S/c1-35(2)18-17-30-28-26-9-5-6-10-27(26)32-29(33-28)31-20-21-11-14-24(15-12-21)34-38(36,37)25-16-13-22-7-3-4-8-23(22)19-25/h3-10,13,16,19,21,24,34H,11-12,14-15,17-18,20H2,1-2H3,(H2,30,31,32,33). The van der Waals surface area contributed by atoms with E-state index in [-0.39, 0.29) is 6.04 Å². The lowest BCUT2D eigenvalue weighted by molar-refractivity contribution is 0.323. The SMILES string of the molecule is CN(C)CCNc1nc(NCC2CCC(NS(=O)(=O)c3ccc4ccccc4c3)CC2)nc2ccccc12. The van der Waals surface area contributed by atoms with Gasteiger partial charge in [0.25, 0.3) is 0 Å². The number of hydrogen-bond acceptors (Lipinski definition) is 7. The summed E-state index contributed by atoms with van der Waals surface area (Å²) in [6.45, 7) is 2.47. The van der Waals surface area contributed by atoms with Crippen LogP contribution in [0.2, 0.25) is 0 Å². The van der Waals surface area contributed by atoms with E-state index in [1.165, 1.54) is 0 Å². The zero-order chi connectivity index (χ0) is 26.5. The fourth-order valence-corrected chi connectivity index (χ4v) is 6.37. The van der Waals surface area contributed by atoms with Gasteiger partial charge in [0.1, 0.15) is 5.82 Å². The second-order valence-electron chi connectivity index (χ2n) is 10.4. The number of aromatic nitrogens is 2. The Morgan fingerprint density at radius 3 is 2.39 bits per heavy atom. The molecule has 9 heteroatoms. The summed E-state index contributed by atoms with van der Waals surface area (Å²) in [5.41, 5.74) is 0.907. The van der Waals surface area contributed by atoms with Gasteiger partial charge in [-0.1, -0.05) is 42.5 Å². The van der Waals surface area contributed by atoms with E-state index in [2.05, 4.69) is 34.4 Å².